The molecule has 214 valence electrons. The number of guanidine groups is 1. The van der Waals surface area contributed by atoms with Crippen molar-refractivity contribution in [2.75, 3.05) is 48.9 Å². The third-order valence-corrected chi connectivity index (χ3v) is 7.90. The zero-order valence-electron chi connectivity index (χ0n) is 23.8. The fourth-order valence-corrected chi connectivity index (χ4v) is 5.66. The highest BCUT2D eigenvalue weighted by Crippen LogP contribution is 2.26. The van der Waals surface area contributed by atoms with Gasteiger partial charge in [0.15, 0.2) is 9.84 Å². The Morgan fingerprint density at radius 1 is 1.10 bits per heavy atom. The first kappa shape index (κ1) is 29.4. The van der Waals surface area contributed by atoms with Crippen LogP contribution in [0.3, 0.4) is 0 Å². The standard InChI is InChI=1S/C29H39N7O3S/c1-20-14-21(2)16-24(15-20)33-29(30-4)34-26-10-13-36(18-22(26)3)25-8-11-35(12-9-25)28(37)23-6-7-27(31-17-23)32-19-40(5,38)39/h6-7,14-17,25H,4,8-13,18-19H2,1-3,5H3,(H,31,32)(H,33,34). The van der Waals surface area contributed by atoms with E-state index in [-0.39, 0.29) is 11.8 Å². The van der Waals surface area contributed by atoms with E-state index in [4.69, 9.17) is 4.99 Å². The van der Waals surface area contributed by atoms with E-state index in [1.54, 1.807) is 12.1 Å². The normalized spacial score (nSPS) is 17.6. The van der Waals surface area contributed by atoms with Gasteiger partial charge in [-0.25, -0.2) is 23.4 Å². The first-order chi connectivity index (χ1) is 19.0. The third kappa shape index (κ3) is 7.98. The number of rotatable bonds is 7. The van der Waals surface area contributed by atoms with Crippen LogP contribution in [0.1, 0.15) is 47.7 Å². The molecule has 2 aliphatic rings. The van der Waals surface area contributed by atoms with Crippen LogP contribution in [0.5, 0.6) is 0 Å². The predicted molar refractivity (Wildman–Crippen MR) is 162 cm³/mol. The number of hydrogen-bond donors (Lipinski definition) is 2. The van der Waals surface area contributed by atoms with Crippen LogP contribution in [-0.4, -0.2) is 86.1 Å². The Kier molecular flexibility index (Phi) is 9.36. The van der Waals surface area contributed by atoms with Crippen molar-refractivity contribution in [1.29, 1.82) is 0 Å². The number of aryl methyl sites for hydroxylation is 2. The maximum absolute atomic E-state index is 13.0. The van der Waals surface area contributed by atoms with Crippen molar-refractivity contribution in [3.63, 3.8) is 0 Å². The van der Waals surface area contributed by atoms with Crippen LogP contribution in [0, 0.1) is 13.8 Å². The predicted octanol–water partition coefficient (Wildman–Crippen LogP) is 3.87. The molecule has 0 bridgehead atoms. The van der Waals surface area contributed by atoms with Crippen LogP contribution in [0.4, 0.5) is 11.5 Å². The van der Waals surface area contributed by atoms with Crippen molar-refractivity contribution in [1.82, 2.24) is 14.8 Å². The number of aromatic nitrogens is 1. The Morgan fingerprint density at radius 3 is 2.38 bits per heavy atom. The highest BCUT2D eigenvalue weighted by Gasteiger charge is 2.29. The molecule has 2 aliphatic heterocycles. The number of pyridine rings is 1. The molecule has 0 aliphatic carbocycles. The van der Waals surface area contributed by atoms with Crippen LogP contribution < -0.4 is 10.6 Å². The maximum atomic E-state index is 13.0. The molecule has 10 nitrogen and oxygen atoms in total. The van der Waals surface area contributed by atoms with E-state index in [1.165, 1.54) is 22.9 Å². The first-order valence-electron chi connectivity index (χ1n) is 13.5. The summed E-state index contributed by atoms with van der Waals surface area (Å²) >= 11 is 0. The number of amides is 1. The minimum atomic E-state index is -3.16. The maximum Gasteiger partial charge on any atom is 0.255 e. The molecule has 3 heterocycles. The highest BCUT2D eigenvalue weighted by molar-refractivity contribution is 7.90. The topological polar surface area (TPSA) is 119 Å². The number of carbonyl (C=O) groups excluding carboxylic acids is 1. The summed E-state index contributed by atoms with van der Waals surface area (Å²) < 4.78 is 22.7. The smallest absolute Gasteiger partial charge is 0.255 e. The van der Waals surface area contributed by atoms with Crippen LogP contribution in [-0.2, 0) is 9.84 Å². The summed E-state index contributed by atoms with van der Waals surface area (Å²) in [7, 11) is -3.16. The summed E-state index contributed by atoms with van der Waals surface area (Å²) in [6, 6.07) is 10.0. The van der Waals surface area contributed by atoms with Gasteiger partial charge < -0.3 is 15.5 Å². The molecule has 1 saturated heterocycles. The summed E-state index contributed by atoms with van der Waals surface area (Å²) in [4.78, 5) is 30.5. The van der Waals surface area contributed by atoms with Crippen LogP contribution in [0.2, 0.25) is 0 Å². The number of likely N-dealkylation sites (tertiary alicyclic amines) is 1. The van der Waals surface area contributed by atoms with Crippen molar-refractivity contribution in [2.45, 2.75) is 46.1 Å². The molecule has 40 heavy (non-hydrogen) atoms. The lowest BCUT2D eigenvalue weighted by Gasteiger charge is -2.40. The molecule has 1 aromatic carbocycles. The molecule has 2 N–H and O–H groups in total. The number of piperidine rings is 1. The Morgan fingerprint density at radius 2 is 1.80 bits per heavy atom. The van der Waals surface area contributed by atoms with E-state index in [2.05, 4.69) is 71.2 Å². The molecule has 11 heteroatoms. The lowest BCUT2D eigenvalue weighted by molar-refractivity contribution is 0.0624. The summed E-state index contributed by atoms with van der Waals surface area (Å²) in [5, 5.41) is 6.05. The summed E-state index contributed by atoms with van der Waals surface area (Å²) in [5.74, 6) is 0.687. The Balaban J connectivity index is 1.31. The average Bonchev–Trinajstić information content (AvgIpc) is 2.91. The van der Waals surface area contributed by atoms with Crippen molar-refractivity contribution < 1.29 is 13.2 Å². The monoisotopic (exact) mass is 565 g/mol. The number of sulfone groups is 1. The molecule has 2 aromatic rings. The van der Waals surface area contributed by atoms with Gasteiger partial charge in [-0.05, 0) is 81.3 Å². The summed E-state index contributed by atoms with van der Waals surface area (Å²) in [6.07, 6.45) is 5.31. The second-order valence-corrected chi connectivity index (χ2v) is 12.9. The zero-order chi connectivity index (χ0) is 28.9. The van der Waals surface area contributed by atoms with Gasteiger partial charge in [-0.2, -0.15) is 0 Å². The lowest BCUT2D eigenvalue weighted by Crippen LogP contribution is -2.48. The van der Waals surface area contributed by atoms with Gasteiger partial charge in [0.1, 0.15) is 11.7 Å². The quantitative estimate of drug-likeness (QED) is 0.386. The van der Waals surface area contributed by atoms with Gasteiger partial charge >= 0.3 is 0 Å². The van der Waals surface area contributed by atoms with E-state index >= 15 is 0 Å². The second kappa shape index (κ2) is 12.7. The molecular weight excluding hydrogens is 526 g/mol. The number of benzene rings is 1. The van der Waals surface area contributed by atoms with Gasteiger partial charge in [0, 0.05) is 62.5 Å². The molecule has 1 amide bonds. The van der Waals surface area contributed by atoms with E-state index < -0.39 is 9.84 Å². The fourth-order valence-electron chi connectivity index (χ4n) is 5.25. The molecule has 0 radical (unpaired) electrons. The Hall–Kier alpha value is -3.57. The number of anilines is 2. The Labute approximate surface area is 237 Å². The van der Waals surface area contributed by atoms with Gasteiger partial charge in [0.25, 0.3) is 5.91 Å². The van der Waals surface area contributed by atoms with Gasteiger partial charge in [-0.1, -0.05) is 6.07 Å². The highest BCUT2D eigenvalue weighted by atomic mass is 32.2. The minimum Gasteiger partial charge on any atom is -0.356 e. The Bertz CT molecular complexity index is 1390. The number of carbonyl (C=O) groups is 1. The summed E-state index contributed by atoms with van der Waals surface area (Å²) in [6.45, 7) is 13.1. The molecule has 1 aromatic heterocycles. The third-order valence-electron chi connectivity index (χ3n) is 7.23. The van der Waals surface area contributed by atoms with Gasteiger partial charge in [0.2, 0.25) is 5.96 Å². The molecular formula is C29H39N7O3S. The van der Waals surface area contributed by atoms with E-state index in [9.17, 15) is 13.2 Å². The molecule has 0 unspecified atom stereocenters. The number of hydrogen-bond acceptors (Lipinski definition) is 7. The number of aliphatic imine (C=N–C) groups is 2. The molecule has 0 saturated carbocycles. The lowest BCUT2D eigenvalue weighted by atomic mass is 9.98. The van der Waals surface area contributed by atoms with Crippen LogP contribution in [0.25, 0.3) is 0 Å². The number of nitrogens with one attached hydrogen (secondary N) is 2. The molecule has 4 rings (SSSR count). The van der Waals surface area contributed by atoms with Gasteiger partial charge in [-0.3, -0.25) is 9.69 Å². The van der Waals surface area contributed by atoms with Gasteiger partial charge in [0.05, 0.1) is 5.56 Å². The van der Waals surface area contributed by atoms with Crippen LogP contribution >= 0.6 is 0 Å². The second-order valence-electron chi connectivity index (χ2n) is 10.7. The van der Waals surface area contributed by atoms with E-state index in [0.29, 0.717) is 36.5 Å². The number of nitrogens with zero attached hydrogens (tertiary/aromatic N) is 5. The average molecular weight is 566 g/mol. The largest absolute Gasteiger partial charge is 0.356 e. The molecule has 1 fully saturated rings. The van der Waals surface area contributed by atoms with Crippen molar-refractivity contribution in [3.8, 4) is 0 Å². The first-order valence-corrected chi connectivity index (χ1v) is 15.6. The van der Waals surface area contributed by atoms with E-state index in [0.717, 1.165) is 50.0 Å². The fraction of sp³-hybridized carbons (Fsp3) is 0.448. The SMILES string of the molecule is C=NC(=NC1=C(C)CN(C2CCN(C(=O)c3ccc(NCS(C)(=O)=O)nc3)CC2)CC1)Nc1cc(C)cc(C)c1. The van der Waals surface area contributed by atoms with Crippen molar-refractivity contribution in [3.05, 3.63) is 64.5 Å². The minimum absolute atomic E-state index is 0.0484. The zero-order valence-corrected chi connectivity index (χ0v) is 24.6. The van der Waals surface area contributed by atoms with Crippen molar-refractivity contribution in [2.24, 2.45) is 9.98 Å². The van der Waals surface area contributed by atoms with E-state index in [1.807, 2.05) is 4.90 Å². The summed E-state index contributed by atoms with van der Waals surface area (Å²) in [5.41, 5.74) is 6.08. The van der Waals surface area contributed by atoms with Crippen molar-refractivity contribution >= 4 is 39.9 Å². The van der Waals surface area contributed by atoms with Gasteiger partial charge in [-0.15, -0.1) is 0 Å². The molecule has 0 spiro atoms. The van der Waals surface area contributed by atoms with Crippen LogP contribution in [0.15, 0.2) is 57.8 Å². The molecule has 0 atom stereocenters.